The summed E-state index contributed by atoms with van der Waals surface area (Å²) in [5.41, 5.74) is 0. The lowest BCUT2D eigenvalue weighted by Crippen LogP contribution is -2.46. The van der Waals surface area contributed by atoms with E-state index in [-0.39, 0.29) is 30.4 Å². The molecule has 1 amide bonds. The number of hydrogen-bond donors (Lipinski definition) is 2. The fourth-order valence-electron chi connectivity index (χ4n) is 3.44. The van der Waals surface area contributed by atoms with Crippen molar-refractivity contribution < 1.29 is 9.90 Å². The van der Waals surface area contributed by atoms with Crippen molar-refractivity contribution in [3.63, 3.8) is 0 Å². The van der Waals surface area contributed by atoms with E-state index in [9.17, 15) is 9.90 Å². The lowest BCUT2D eigenvalue weighted by Gasteiger charge is -2.33. The van der Waals surface area contributed by atoms with Gasteiger partial charge >= 0.3 is 0 Å². The average molecular weight is 253 g/mol. The minimum Gasteiger partial charge on any atom is -0.396 e. The van der Waals surface area contributed by atoms with Crippen molar-refractivity contribution in [1.82, 2.24) is 5.32 Å². The van der Waals surface area contributed by atoms with Crippen LogP contribution in [0.4, 0.5) is 0 Å². The van der Waals surface area contributed by atoms with Crippen LogP contribution in [0.2, 0.25) is 0 Å². The summed E-state index contributed by atoms with van der Waals surface area (Å²) in [4.78, 5) is 12.2. The minimum atomic E-state index is 0.215. The molecule has 2 fully saturated rings. The Balaban J connectivity index is 1.82. The summed E-state index contributed by atoms with van der Waals surface area (Å²) >= 11 is 0. The second-order valence-electron chi connectivity index (χ2n) is 6.30. The summed E-state index contributed by atoms with van der Waals surface area (Å²) in [5, 5.41) is 12.6. The van der Waals surface area contributed by atoms with Gasteiger partial charge in [0.1, 0.15) is 0 Å². The number of rotatable bonds is 3. The molecule has 0 aromatic heterocycles. The first-order chi connectivity index (χ1) is 8.70. The predicted molar refractivity (Wildman–Crippen MR) is 72.1 cm³/mol. The molecule has 2 rings (SSSR count). The molecule has 0 aliphatic heterocycles. The van der Waals surface area contributed by atoms with Gasteiger partial charge in [-0.3, -0.25) is 4.79 Å². The first-order valence-electron chi connectivity index (χ1n) is 7.62. The van der Waals surface area contributed by atoms with Crippen molar-refractivity contribution in [1.29, 1.82) is 0 Å². The molecule has 104 valence electrons. The summed E-state index contributed by atoms with van der Waals surface area (Å²) < 4.78 is 0. The third kappa shape index (κ3) is 3.47. The minimum absolute atomic E-state index is 0.215. The van der Waals surface area contributed by atoms with Crippen LogP contribution in [-0.4, -0.2) is 23.7 Å². The SMILES string of the molecule is CC1CCC(C(=O)NC2CCCCC2CO)CC1. The van der Waals surface area contributed by atoms with Gasteiger partial charge in [0.05, 0.1) is 0 Å². The van der Waals surface area contributed by atoms with E-state index in [0.717, 1.165) is 31.6 Å². The molecule has 0 aromatic rings. The van der Waals surface area contributed by atoms with Crippen molar-refractivity contribution in [3.8, 4) is 0 Å². The third-order valence-corrected chi connectivity index (χ3v) is 4.86. The van der Waals surface area contributed by atoms with Crippen LogP contribution >= 0.6 is 0 Å². The molecule has 0 heterocycles. The number of aliphatic hydroxyl groups is 1. The second-order valence-corrected chi connectivity index (χ2v) is 6.30. The number of hydrogen-bond acceptors (Lipinski definition) is 2. The quantitative estimate of drug-likeness (QED) is 0.812. The number of nitrogens with one attached hydrogen (secondary N) is 1. The van der Waals surface area contributed by atoms with Crippen LogP contribution in [0, 0.1) is 17.8 Å². The van der Waals surface area contributed by atoms with Gasteiger partial charge in [0.2, 0.25) is 5.91 Å². The van der Waals surface area contributed by atoms with Gasteiger partial charge in [0.25, 0.3) is 0 Å². The van der Waals surface area contributed by atoms with E-state index < -0.39 is 0 Å². The zero-order valence-corrected chi connectivity index (χ0v) is 11.5. The largest absolute Gasteiger partial charge is 0.396 e. The summed E-state index contributed by atoms with van der Waals surface area (Å²) in [5.74, 6) is 1.54. The van der Waals surface area contributed by atoms with Gasteiger partial charge in [-0.25, -0.2) is 0 Å². The Hall–Kier alpha value is -0.570. The Morgan fingerprint density at radius 1 is 1.11 bits per heavy atom. The summed E-state index contributed by atoms with van der Waals surface area (Å²) in [7, 11) is 0. The molecule has 3 nitrogen and oxygen atoms in total. The number of carbonyl (C=O) groups is 1. The van der Waals surface area contributed by atoms with Crippen molar-refractivity contribution in [2.75, 3.05) is 6.61 Å². The normalized spacial score (nSPS) is 37.2. The number of aliphatic hydroxyl groups excluding tert-OH is 1. The molecule has 2 aliphatic rings. The second kappa shape index (κ2) is 6.55. The highest BCUT2D eigenvalue weighted by molar-refractivity contribution is 5.79. The Bertz CT molecular complexity index is 272. The van der Waals surface area contributed by atoms with E-state index in [2.05, 4.69) is 12.2 Å². The molecule has 2 atom stereocenters. The van der Waals surface area contributed by atoms with E-state index in [4.69, 9.17) is 0 Å². The lowest BCUT2D eigenvalue weighted by atomic mass is 9.81. The highest BCUT2D eigenvalue weighted by Gasteiger charge is 2.30. The van der Waals surface area contributed by atoms with Crippen LogP contribution in [-0.2, 0) is 4.79 Å². The molecular formula is C15H27NO2. The molecular weight excluding hydrogens is 226 g/mol. The van der Waals surface area contributed by atoms with E-state index in [1.165, 1.54) is 25.7 Å². The number of carbonyl (C=O) groups excluding carboxylic acids is 1. The molecule has 0 saturated heterocycles. The fraction of sp³-hybridized carbons (Fsp3) is 0.933. The van der Waals surface area contributed by atoms with E-state index in [0.29, 0.717) is 0 Å². The molecule has 0 radical (unpaired) electrons. The van der Waals surface area contributed by atoms with Crippen molar-refractivity contribution in [2.45, 2.75) is 64.3 Å². The zero-order chi connectivity index (χ0) is 13.0. The Morgan fingerprint density at radius 3 is 2.44 bits per heavy atom. The van der Waals surface area contributed by atoms with E-state index in [1.807, 2.05) is 0 Å². The standard InChI is InChI=1S/C15H27NO2/c1-11-6-8-12(9-7-11)15(18)16-14-5-3-2-4-13(14)10-17/h11-14,17H,2-10H2,1H3,(H,16,18). The van der Waals surface area contributed by atoms with Crippen LogP contribution < -0.4 is 5.32 Å². The van der Waals surface area contributed by atoms with E-state index >= 15 is 0 Å². The maximum absolute atomic E-state index is 12.2. The van der Waals surface area contributed by atoms with Crippen LogP contribution in [0.3, 0.4) is 0 Å². The molecule has 0 spiro atoms. The van der Waals surface area contributed by atoms with Crippen LogP contribution in [0.25, 0.3) is 0 Å². The van der Waals surface area contributed by atoms with Gasteiger partial charge in [-0.05, 0) is 44.4 Å². The Labute approximate surface area is 110 Å². The van der Waals surface area contributed by atoms with Crippen molar-refractivity contribution in [3.05, 3.63) is 0 Å². The van der Waals surface area contributed by atoms with Gasteiger partial charge < -0.3 is 10.4 Å². The van der Waals surface area contributed by atoms with Gasteiger partial charge in [-0.15, -0.1) is 0 Å². The monoisotopic (exact) mass is 253 g/mol. The van der Waals surface area contributed by atoms with Gasteiger partial charge in [-0.2, -0.15) is 0 Å². The first kappa shape index (κ1) is 13.9. The predicted octanol–water partition coefficient (Wildman–Crippen LogP) is 2.48. The Kier molecular flexibility index (Phi) is 5.04. The molecule has 0 aromatic carbocycles. The zero-order valence-electron chi connectivity index (χ0n) is 11.5. The third-order valence-electron chi connectivity index (χ3n) is 4.86. The first-order valence-corrected chi connectivity index (χ1v) is 7.62. The van der Waals surface area contributed by atoms with Gasteiger partial charge in [0, 0.05) is 24.5 Å². The van der Waals surface area contributed by atoms with Crippen molar-refractivity contribution in [2.24, 2.45) is 17.8 Å². The highest BCUT2D eigenvalue weighted by atomic mass is 16.3. The lowest BCUT2D eigenvalue weighted by molar-refractivity contribution is -0.127. The van der Waals surface area contributed by atoms with Gasteiger partial charge in [0.15, 0.2) is 0 Å². The average Bonchev–Trinajstić information content (AvgIpc) is 2.40. The van der Waals surface area contributed by atoms with Crippen LogP contribution in [0.1, 0.15) is 58.3 Å². The molecule has 2 unspecified atom stereocenters. The van der Waals surface area contributed by atoms with Crippen LogP contribution in [0.5, 0.6) is 0 Å². The molecule has 2 saturated carbocycles. The summed E-state index contributed by atoms with van der Waals surface area (Å²) in [6, 6.07) is 0.218. The molecule has 18 heavy (non-hydrogen) atoms. The summed E-state index contributed by atoms with van der Waals surface area (Å²) in [6.07, 6.45) is 8.94. The van der Waals surface area contributed by atoms with E-state index in [1.54, 1.807) is 0 Å². The highest BCUT2D eigenvalue weighted by Crippen LogP contribution is 2.29. The molecule has 2 N–H and O–H groups in total. The van der Waals surface area contributed by atoms with Crippen LogP contribution in [0.15, 0.2) is 0 Å². The Morgan fingerprint density at radius 2 is 1.78 bits per heavy atom. The maximum atomic E-state index is 12.2. The fourth-order valence-corrected chi connectivity index (χ4v) is 3.44. The molecule has 3 heteroatoms. The topological polar surface area (TPSA) is 49.3 Å². The molecule has 2 aliphatic carbocycles. The number of amides is 1. The summed E-state index contributed by atoms with van der Waals surface area (Å²) in [6.45, 7) is 2.49. The van der Waals surface area contributed by atoms with Crippen molar-refractivity contribution >= 4 is 5.91 Å². The maximum Gasteiger partial charge on any atom is 0.223 e. The smallest absolute Gasteiger partial charge is 0.223 e. The van der Waals surface area contributed by atoms with Gasteiger partial charge in [-0.1, -0.05) is 19.8 Å². The molecule has 0 bridgehead atoms.